The van der Waals surface area contributed by atoms with Gasteiger partial charge >= 0.3 is 0 Å². The molecule has 0 radical (unpaired) electrons. The van der Waals surface area contributed by atoms with Crippen LogP contribution in [0.3, 0.4) is 0 Å². The molecular weight excluding hydrogens is 324 g/mol. The summed E-state index contributed by atoms with van der Waals surface area (Å²) in [6, 6.07) is 5.00. The maximum atomic E-state index is 11.0. The van der Waals surface area contributed by atoms with E-state index in [-0.39, 0.29) is 6.10 Å². The van der Waals surface area contributed by atoms with Crippen LogP contribution in [-0.4, -0.2) is 47.3 Å². The van der Waals surface area contributed by atoms with Crippen molar-refractivity contribution in [2.24, 2.45) is 0 Å². The first-order chi connectivity index (χ1) is 12.7. The second-order valence-electron chi connectivity index (χ2n) is 8.36. The molecule has 26 heavy (non-hydrogen) atoms. The summed E-state index contributed by atoms with van der Waals surface area (Å²) in [6.07, 6.45) is 14.3. The van der Waals surface area contributed by atoms with E-state index in [2.05, 4.69) is 28.1 Å². The predicted molar refractivity (Wildman–Crippen MR) is 104 cm³/mol. The summed E-state index contributed by atoms with van der Waals surface area (Å²) in [7, 11) is 1.76. The summed E-state index contributed by atoms with van der Waals surface area (Å²) in [6.45, 7) is 2.41. The average molecular weight is 357 g/mol. The zero-order valence-electron chi connectivity index (χ0n) is 16.0. The molecule has 0 aromatic carbocycles. The maximum absolute atomic E-state index is 11.0. The summed E-state index contributed by atoms with van der Waals surface area (Å²) in [5.74, 6) is 0. The van der Waals surface area contributed by atoms with Crippen LogP contribution < -0.4 is 0 Å². The van der Waals surface area contributed by atoms with Crippen molar-refractivity contribution in [3.8, 4) is 0 Å². The number of piperidine rings is 1. The zero-order chi connectivity index (χ0) is 18.0. The molecule has 4 nitrogen and oxygen atoms in total. The highest BCUT2D eigenvalue weighted by Gasteiger charge is 2.35. The molecule has 142 valence electrons. The van der Waals surface area contributed by atoms with E-state index in [1.807, 2.05) is 6.20 Å². The van der Waals surface area contributed by atoms with E-state index >= 15 is 0 Å². The van der Waals surface area contributed by atoms with Crippen LogP contribution in [0.2, 0.25) is 0 Å². The summed E-state index contributed by atoms with van der Waals surface area (Å²) >= 11 is 0. The molecule has 0 spiro atoms. The van der Waals surface area contributed by atoms with E-state index in [9.17, 15) is 5.11 Å². The Morgan fingerprint density at radius 1 is 1.15 bits per heavy atom. The van der Waals surface area contributed by atoms with Crippen molar-refractivity contribution in [2.75, 3.05) is 20.2 Å². The SMILES string of the molecule is COC1CCC(O)(c2ccc(C=C3CCN(C4CCC4)CC3)nc2)CC1. The normalized spacial score (nSPS) is 30.8. The van der Waals surface area contributed by atoms with Crippen LogP contribution in [0, 0.1) is 0 Å². The van der Waals surface area contributed by atoms with E-state index in [1.54, 1.807) is 7.11 Å². The van der Waals surface area contributed by atoms with Crippen LogP contribution in [0.4, 0.5) is 0 Å². The maximum Gasteiger partial charge on any atom is 0.0913 e. The summed E-state index contributed by atoms with van der Waals surface area (Å²) in [4.78, 5) is 7.30. The van der Waals surface area contributed by atoms with Crippen LogP contribution in [0.5, 0.6) is 0 Å². The van der Waals surface area contributed by atoms with E-state index in [4.69, 9.17) is 4.74 Å². The van der Waals surface area contributed by atoms with Gasteiger partial charge in [0.1, 0.15) is 0 Å². The number of hydrogen-bond acceptors (Lipinski definition) is 4. The second-order valence-corrected chi connectivity index (χ2v) is 8.36. The Hall–Kier alpha value is -1.23. The van der Waals surface area contributed by atoms with Crippen LogP contribution in [0.1, 0.15) is 69.0 Å². The number of pyridine rings is 1. The Balaban J connectivity index is 1.36. The van der Waals surface area contributed by atoms with E-state index in [0.29, 0.717) is 0 Å². The lowest BCUT2D eigenvalue weighted by Gasteiger charge is -2.40. The summed E-state index contributed by atoms with van der Waals surface area (Å²) in [5, 5.41) is 11.0. The molecule has 0 atom stereocenters. The Bertz CT molecular complexity index is 618. The van der Waals surface area contributed by atoms with Crippen LogP contribution >= 0.6 is 0 Å². The van der Waals surface area contributed by atoms with Crippen LogP contribution in [0.25, 0.3) is 6.08 Å². The van der Waals surface area contributed by atoms with E-state index in [0.717, 1.165) is 43.0 Å². The van der Waals surface area contributed by atoms with Gasteiger partial charge in [0.15, 0.2) is 0 Å². The minimum Gasteiger partial charge on any atom is -0.385 e. The predicted octanol–water partition coefficient (Wildman–Crippen LogP) is 3.89. The minimum absolute atomic E-state index is 0.290. The molecule has 1 aliphatic heterocycles. The summed E-state index contributed by atoms with van der Waals surface area (Å²) < 4.78 is 5.42. The van der Waals surface area contributed by atoms with Crippen molar-refractivity contribution in [3.63, 3.8) is 0 Å². The van der Waals surface area contributed by atoms with Crippen molar-refractivity contribution in [3.05, 3.63) is 35.2 Å². The third-order valence-corrected chi connectivity index (χ3v) is 6.80. The Labute approximate surface area is 157 Å². The Morgan fingerprint density at radius 2 is 1.88 bits per heavy atom. The Morgan fingerprint density at radius 3 is 2.42 bits per heavy atom. The quantitative estimate of drug-likeness (QED) is 0.889. The fourth-order valence-corrected chi connectivity index (χ4v) is 4.64. The van der Waals surface area contributed by atoms with Gasteiger partial charge in [0, 0.05) is 38.0 Å². The highest BCUT2D eigenvalue weighted by molar-refractivity contribution is 5.49. The van der Waals surface area contributed by atoms with Crippen LogP contribution in [-0.2, 0) is 10.3 Å². The smallest absolute Gasteiger partial charge is 0.0913 e. The second kappa shape index (κ2) is 7.79. The van der Waals surface area contributed by atoms with Crippen molar-refractivity contribution in [1.82, 2.24) is 9.88 Å². The molecule has 0 bridgehead atoms. The number of methoxy groups -OCH3 is 1. The molecule has 2 saturated carbocycles. The van der Waals surface area contributed by atoms with E-state index in [1.165, 1.54) is 50.8 Å². The van der Waals surface area contributed by atoms with Gasteiger partial charge in [-0.2, -0.15) is 0 Å². The largest absolute Gasteiger partial charge is 0.385 e. The van der Waals surface area contributed by atoms with Crippen molar-refractivity contribution in [2.45, 2.75) is 75.5 Å². The molecule has 2 aliphatic carbocycles. The highest BCUT2D eigenvalue weighted by Crippen LogP contribution is 2.37. The number of ether oxygens (including phenoxy) is 1. The average Bonchev–Trinajstić information content (AvgIpc) is 2.63. The van der Waals surface area contributed by atoms with Crippen molar-refractivity contribution >= 4 is 6.08 Å². The first kappa shape index (κ1) is 18.1. The molecule has 4 heteroatoms. The number of likely N-dealkylation sites (tertiary alicyclic amines) is 1. The topological polar surface area (TPSA) is 45.6 Å². The van der Waals surface area contributed by atoms with Gasteiger partial charge in [0.2, 0.25) is 0 Å². The van der Waals surface area contributed by atoms with Gasteiger partial charge in [-0.05, 0) is 63.5 Å². The van der Waals surface area contributed by atoms with Crippen molar-refractivity contribution in [1.29, 1.82) is 0 Å². The van der Waals surface area contributed by atoms with Gasteiger partial charge in [-0.3, -0.25) is 9.88 Å². The first-order valence-corrected chi connectivity index (χ1v) is 10.3. The van der Waals surface area contributed by atoms with Gasteiger partial charge in [-0.1, -0.05) is 18.1 Å². The molecule has 0 amide bonds. The third-order valence-electron chi connectivity index (χ3n) is 6.80. The van der Waals surface area contributed by atoms with Crippen LogP contribution in [0.15, 0.2) is 23.9 Å². The monoisotopic (exact) mass is 356 g/mol. The van der Waals surface area contributed by atoms with Gasteiger partial charge in [0.25, 0.3) is 0 Å². The number of aliphatic hydroxyl groups is 1. The number of nitrogens with zero attached hydrogens (tertiary/aromatic N) is 2. The molecule has 1 saturated heterocycles. The molecule has 2 heterocycles. The molecular formula is C22H32N2O2. The number of hydrogen-bond donors (Lipinski definition) is 1. The van der Waals surface area contributed by atoms with Gasteiger partial charge in [-0.15, -0.1) is 0 Å². The zero-order valence-corrected chi connectivity index (χ0v) is 16.0. The lowest BCUT2D eigenvalue weighted by atomic mass is 9.79. The standard InChI is InChI=1S/C22H32N2O2/c1-26-21-7-11-22(25,12-8-21)18-5-6-19(23-16-18)15-17-9-13-24(14-10-17)20-3-2-4-20/h5-6,15-16,20-21,25H,2-4,7-14H2,1H3. The molecule has 1 N–H and O–H groups in total. The molecule has 0 unspecified atom stereocenters. The fraction of sp³-hybridized carbons (Fsp3) is 0.682. The minimum atomic E-state index is -0.734. The lowest BCUT2D eigenvalue weighted by molar-refractivity contribution is -0.0476. The van der Waals surface area contributed by atoms with Gasteiger partial charge in [-0.25, -0.2) is 0 Å². The fourth-order valence-electron chi connectivity index (χ4n) is 4.64. The van der Waals surface area contributed by atoms with Gasteiger partial charge < -0.3 is 9.84 Å². The molecule has 4 rings (SSSR count). The van der Waals surface area contributed by atoms with Gasteiger partial charge in [0.05, 0.1) is 17.4 Å². The number of rotatable bonds is 4. The van der Waals surface area contributed by atoms with Crippen molar-refractivity contribution < 1.29 is 9.84 Å². The molecule has 1 aromatic rings. The molecule has 3 aliphatic rings. The Kier molecular flexibility index (Phi) is 5.44. The number of aromatic nitrogens is 1. The lowest BCUT2D eigenvalue weighted by Crippen LogP contribution is -2.43. The molecule has 3 fully saturated rings. The van der Waals surface area contributed by atoms with E-state index < -0.39 is 5.60 Å². The first-order valence-electron chi connectivity index (χ1n) is 10.3. The highest BCUT2D eigenvalue weighted by atomic mass is 16.5. The molecule has 1 aromatic heterocycles. The third kappa shape index (κ3) is 3.88. The summed E-state index contributed by atoms with van der Waals surface area (Å²) in [5.41, 5.74) is 2.76.